The third kappa shape index (κ3) is 4.47. The monoisotopic (exact) mass is 404 g/mol. The van der Waals surface area contributed by atoms with Crippen molar-refractivity contribution in [3.05, 3.63) is 68.4 Å². The molecule has 6 nitrogen and oxygen atoms in total. The highest BCUT2D eigenvalue weighted by molar-refractivity contribution is 6.43. The quantitative estimate of drug-likeness (QED) is 0.364. The summed E-state index contributed by atoms with van der Waals surface area (Å²) >= 11 is 12.2. The first kappa shape index (κ1) is 19.4. The second-order valence-electron chi connectivity index (χ2n) is 5.77. The van der Waals surface area contributed by atoms with Gasteiger partial charge in [0, 0.05) is 25.8 Å². The van der Waals surface area contributed by atoms with E-state index >= 15 is 0 Å². The average molecular weight is 405 g/mol. The van der Waals surface area contributed by atoms with Gasteiger partial charge in [-0.2, -0.15) is 5.10 Å². The second kappa shape index (κ2) is 8.99. The van der Waals surface area contributed by atoms with Gasteiger partial charge in [0.05, 0.1) is 27.2 Å². The van der Waals surface area contributed by atoms with Crippen molar-refractivity contribution in [2.45, 2.75) is 13.0 Å². The Balaban J connectivity index is 1.94. The fourth-order valence-corrected chi connectivity index (χ4v) is 2.96. The lowest BCUT2D eigenvalue weighted by molar-refractivity contribution is 0.190. The van der Waals surface area contributed by atoms with Crippen LogP contribution in [0, 0.1) is 0 Å². The molecule has 0 saturated heterocycles. The van der Waals surface area contributed by atoms with Crippen LogP contribution in [0.15, 0.2) is 52.4 Å². The summed E-state index contributed by atoms with van der Waals surface area (Å²) in [5, 5.41) is 5.59. The molecule has 0 saturated carbocycles. The Morgan fingerprint density at radius 2 is 2.04 bits per heavy atom. The van der Waals surface area contributed by atoms with Crippen LogP contribution >= 0.6 is 23.2 Å². The van der Waals surface area contributed by atoms with Gasteiger partial charge in [-0.15, -0.1) is 0 Å². The van der Waals surface area contributed by atoms with E-state index in [0.29, 0.717) is 52.0 Å². The van der Waals surface area contributed by atoms with Gasteiger partial charge in [-0.1, -0.05) is 47.5 Å². The summed E-state index contributed by atoms with van der Waals surface area (Å²) in [6.07, 6.45) is 2.21. The number of nitrogens with zero attached hydrogens (tertiary/aromatic N) is 3. The van der Waals surface area contributed by atoms with Gasteiger partial charge in [-0.05, 0) is 24.6 Å². The molecule has 3 aromatic rings. The van der Waals surface area contributed by atoms with E-state index in [4.69, 9.17) is 27.9 Å². The van der Waals surface area contributed by atoms with Gasteiger partial charge in [0.25, 0.3) is 5.56 Å². The molecule has 140 valence electrons. The van der Waals surface area contributed by atoms with Gasteiger partial charge in [-0.3, -0.25) is 9.36 Å². The number of anilines is 1. The summed E-state index contributed by atoms with van der Waals surface area (Å²) in [4.78, 5) is 17.4. The molecular weight excluding hydrogens is 387 g/mol. The zero-order valence-electron chi connectivity index (χ0n) is 14.7. The van der Waals surface area contributed by atoms with Crippen LogP contribution in [0.1, 0.15) is 12.0 Å². The van der Waals surface area contributed by atoms with E-state index in [1.165, 1.54) is 6.21 Å². The number of benzene rings is 2. The standard InChI is InChI=1S/C19H18Cl2N4O2/c1-27-11-5-10-25-18(26)14-7-2-3-9-16(14)23-19(25)24-22-12-13-6-4-8-15(20)17(13)21/h2-4,6-9,12H,5,10-11H2,1H3,(H,23,24)/b22-12-. The molecule has 1 N–H and O–H groups in total. The molecule has 1 aromatic heterocycles. The smallest absolute Gasteiger partial charge is 0.262 e. The van der Waals surface area contributed by atoms with Gasteiger partial charge in [0.2, 0.25) is 5.95 Å². The summed E-state index contributed by atoms with van der Waals surface area (Å²) in [7, 11) is 1.62. The maximum Gasteiger partial charge on any atom is 0.262 e. The summed E-state index contributed by atoms with van der Waals surface area (Å²) < 4.78 is 6.64. The number of nitrogens with one attached hydrogen (secondary N) is 1. The van der Waals surface area contributed by atoms with Crippen LogP contribution in [0.4, 0.5) is 5.95 Å². The van der Waals surface area contributed by atoms with Crippen LogP contribution in [0.25, 0.3) is 10.9 Å². The Labute approximate surface area is 166 Å². The van der Waals surface area contributed by atoms with Crippen LogP contribution in [0.2, 0.25) is 10.0 Å². The summed E-state index contributed by atoms with van der Waals surface area (Å²) in [6, 6.07) is 12.5. The van der Waals surface area contributed by atoms with E-state index in [1.54, 1.807) is 42.0 Å². The predicted octanol–water partition coefficient (Wildman–Crippen LogP) is 4.19. The van der Waals surface area contributed by atoms with E-state index in [2.05, 4.69) is 15.5 Å². The molecule has 0 unspecified atom stereocenters. The Bertz CT molecular complexity index is 1030. The van der Waals surface area contributed by atoms with Gasteiger partial charge >= 0.3 is 0 Å². The van der Waals surface area contributed by atoms with Gasteiger partial charge in [-0.25, -0.2) is 10.4 Å². The fraction of sp³-hybridized carbons (Fsp3) is 0.211. The normalized spacial score (nSPS) is 11.4. The topological polar surface area (TPSA) is 68.5 Å². The molecule has 0 aliphatic carbocycles. The lowest BCUT2D eigenvalue weighted by Gasteiger charge is -2.12. The number of hydrazone groups is 1. The van der Waals surface area contributed by atoms with Crippen LogP contribution in [0.5, 0.6) is 0 Å². The zero-order valence-corrected chi connectivity index (χ0v) is 16.2. The van der Waals surface area contributed by atoms with Crippen molar-refractivity contribution in [2.75, 3.05) is 19.1 Å². The molecule has 0 spiro atoms. The van der Waals surface area contributed by atoms with Crippen molar-refractivity contribution in [1.29, 1.82) is 0 Å². The Morgan fingerprint density at radius 3 is 2.85 bits per heavy atom. The predicted molar refractivity (Wildman–Crippen MR) is 110 cm³/mol. The highest BCUT2D eigenvalue weighted by atomic mass is 35.5. The van der Waals surface area contributed by atoms with Crippen molar-refractivity contribution < 1.29 is 4.74 Å². The number of halogens is 2. The van der Waals surface area contributed by atoms with E-state index in [1.807, 2.05) is 12.1 Å². The number of ether oxygens (including phenoxy) is 1. The van der Waals surface area contributed by atoms with Crippen LogP contribution < -0.4 is 11.0 Å². The first-order valence-electron chi connectivity index (χ1n) is 8.33. The van der Waals surface area contributed by atoms with Gasteiger partial charge in [0.15, 0.2) is 0 Å². The minimum atomic E-state index is -0.129. The van der Waals surface area contributed by atoms with Gasteiger partial charge < -0.3 is 4.74 Å². The number of aromatic nitrogens is 2. The molecule has 0 aliphatic heterocycles. The zero-order chi connectivity index (χ0) is 19.2. The lowest BCUT2D eigenvalue weighted by Crippen LogP contribution is -2.24. The van der Waals surface area contributed by atoms with Crippen LogP contribution in [-0.2, 0) is 11.3 Å². The Hall–Kier alpha value is -2.41. The SMILES string of the molecule is COCCCn1c(N/N=C\c2cccc(Cl)c2Cl)nc2ccccc2c1=O. The first-order valence-corrected chi connectivity index (χ1v) is 9.09. The van der Waals surface area contributed by atoms with Crippen molar-refractivity contribution in [1.82, 2.24) is 9.55 Å². The first-order chi connectivity index (χ1) is 13.1. The minimum absolute atomic E-state index is 0.129. The molecule has 0 aliphatic rings. The van der Waals surface area contributed by atoms with Crippen LogP contribution in [0.3, 0.4) is 0 Å². The molecule has 0 amide bonds. The van der Waals surface area contributed by atoms with Crippen molar-refractivity contribution in [3.8, 4) is 0 Å². The van der Waals surface area contributed by atoms with Crippen molar-refractivity contribution >= 4 is 46.3 Å². The third-order valence-electron chi connectivity index (χ3n) is 3.94. The number of hydrogen-bond donors (Lipinski definition) is 1. The molecule has 0 bridgehead atoms. The van der Waals surface area contributed by atoms with E-state index in [0.717, 1.165) is 0 Å². The Morgan fingerprint density at radius 1 is 1.22 bits per heavy atom. The molecule has 0 radical (unpaired) electrons. The number of rotatable bonds is 7. The van der Waals surface area contributed by atoms with E-state index in [9.17, 15) is 4.79 Å². The molecule has 0 atom stereocenters. The van der Waals surface area contributed by atoms with Crippen molar-refractivity contribution in [2.24, 2.45) is 5.10 Å². The molecule has 3 rings (SSSR count). The minimum Gasteiger partial charge on any atom is -0.385 e. The Kier molecular flexibility index (Phi) is 6.45. The van der Waals surface area contributed by atoms with Crippen molar-refractivity contribution in [3.63, 3.8) is 0 Å². The van der Waals surface area contributed by atoms with Crippen LogP contribution in [-0.4, -0.2) is 29.5 Å². The molecule has 1 heterocycles. The molecule has 2 aromatic carbocycles. The summed E-state index contributed by atoms with van der Waals surface area (Å²) in [6.45, 7) is 1.00. The summed E-state index contributed by atoms with van der Waals surface area (Å²) in [5.74, 6) is 0.351. The highest BCUT2D eigenvalue weighted by Crippen LogP contribution is 2.24. The van der Waals surface area contributed by atoms with E-state index < -0.39 is 0 Å². The number of hydrogen-bond acceptors (Lipinski definition) is 5. The molecular formula is C19H18Cl2N4O2. The molecule has 8 heteroatoms. The maximum atomic E-state index is 12.8. The average Bonchev–Trinajstić information content (AvgIpc) is 2.67. The molecule has 0 fully saturated rings. The summed E-state index contributed by atoms with van der Waals surface area (Å²) in [5.41, 5.74) is 3.98. The van der Waals surface area contributed by atoms with Gasteiger partial charge in [0.1, 0.15) is 0 Å². The fourth-order valence-electron chi connectivity index (χ4n) is 2.61. The highest BCUT2D eigenvalue weighted by Gasteiger charge is 2.10. The largest absolute Gasteiger partial charge is 0.385 e. The third-order valence-corrected chi connectivity index (χ3v) is 4.77. The number of methoxy groups -OCH3 is 1. The molecule has 27 heavy (non-hydrogen) atoms. The maximum absolute atomic E-state index is 12.8. The second-order valence-corrected chi connectivity index (χ2v) is 6.55. The van der Waals surface area contributed by atoms with E-state index in [-0.39, 0.29) is 5.56 Å². The number of para-hydroxylation sites is 1. The number of fused-ring (bicyclic) bond motifs is 1. The lowest BCUT2D eigenvalue weighted by atomic mass is 10.2.